The van der Waals surface area contributed by atoms with Crippen molar-refractivity contribution in [2.45, 2.75) is 33.1 Å². The molecule has 2 N–H and O–H groups in total. The van der Waals surface area contributed by atoms with Gasteiger partial charge in [0.25, 0.3) is 0 Å². The van der Waals surface area contributed by atoms with Crippen LogP contribution in [0.1, 0.15) is 30.4 Å². The van der Waals surface area contributed by atoms with Crippen LogP contribution < -0.4 is 10.6 Å². The molecule has 0 radical (unpaired) electrons. The number of rotatable bonds is 3. The van der Waals surface area contributed by atoms with Gasteiger partial charge in [0.15, 0.2) is 0 Å². The number of hydrogen-bond donors (Lipinski definition) is 2. The number of piperidine rings is 1. The third-order valence-electron chi connectivity index (χ3n) is 3.81. The van der Waals surface area contributed by atoms with E-state index in [4.69, 9.17) is 0 Å². The lowest BCUT2D eigenvalue weighted by Gasteiger charge is -2.22. The average Bonchev–Trinajstić information content (AvgIpc) is 2.36. The van der Waals surface area contributed by atoms with Crippen LogP contribution in [0.4, 0.5) is 5.69 Å². The van der Waals surface area contributed by atoms with Crippen molar-refractivity contribution < 1.29 is 4.79 Å². The molecule has 4 heteroatoms. The van der Waals surface area contributed by atoms with E-state index in [1.165, 1.54) is 5.56 Å². The van der Waals surface area contributed by atoms with Gasteiger partial charge in [-0.05, 0) is 62.9 Å². The first kappa shape index (κ1) is 16.0. The number of aryl methyl sites for hydroxylation is 1. The van der Waals surface area contributed by atoms with E-state index in [0.717, 1.165) is 37.2 Å². The molecule has 1 aliphatic rings. The van der Waals surface area contributed by atoms with E-state index < -0.39 is 0 Å². The van der Waals surface area contributed by atoms with Gasteiger partial charge in [0.05, 0.1) is 0 Å². The molecule has 1 saturated heterocycles. The zero-order valence-corrected chi connectivity index (χ0v) is 12.5. The Bertz CT molecular complexity index is 428. The predicted octanol–water partition coefficient (Wildman–Crippen LogP) is 3.05. The molecule has 1 fully saturated rings. The fourth-order valence-electron chi connectivity index (χ4n) is 2.44. The summed E-state index contributed by atoms with van der Waals surface area (Å²) in [5.41, 5.74) is 3.33. The molecular formula is C15H23ClN2O. The van der Waals surface area contributed by atoms with Crippen LogP contribution in [0.3, 0.4) is 0 Å². The molecule has 0 aromatic heterocycles. The summed E-state index contributed by atoms with van der Waals surface area (Å²) in [7, 11) is 0. The van der Waals surface area contributed by atoms with Gasteiger partial charge in [-0.2, -0.15) is 0 Å². The molecule has 1 heterocycles. The Labute approximate surface area is 121 Å². The molecule has 0 spiro atoms. The molecule has 0 unspecified atom stereocenters. The monoisotopic (exact) mass is 282 g/mol. The van der Waals surface area contributed by atoms with Crippen molar-refractivity contribution in [3.8, 4) is 0 Å². The maximum Gasteiger partial charge on any atom is 0.224 e. The average molecular weight is 283 g/mol. The zero-order valence-electron chi connectivity index (χ0n) is 11.7. The Morgan fingerprint density at radius 3 is 2.68 bits per heavy atom. The van der Waals surface area contributed by atoms with Crippen LogP contribution in [0.25, 0.3) is 0 Å². The number of amides is 1. The van der Waals surface area contributed by atoms with Crippen LogP contribution in [0.2, 0.25) is 0 Å². The van der Waals surface area contributed by atoms with E-state index in [9.17, 15) is 4.79 Å². The maximum absolute atomic E-state index is 12.0. The van der Waals surface area contributed by atoms with Gasteiger partial charge in [-0.25, -0.2) is 0 Å². The fourth-order valence-corrected chi connectivity index (χ4v) is 2.44. The minimum atomic E-state index is 0. The number of benzene rings is 1. The minimum absolute atomic E-state index is 0. The summed E-state index contributed by atoms with van der Waals surface area (Å²) < 4.78 is 0. The number of halogens is 1. The fraction of sp³-hybridized carbons (Fsp3) is 0.533. The third kappa shape index (κ3) is 4.51. The molecule has 19 heavy (non-hydrogen) atoms. The van der Waals surface area contributed by atoms with E-state index in [0.29, 0.717) is 12.3 Å². The Morgan fingerprint density at radius 2 is 2.00 bits per heavy atom. The SMILES string of the molecule is Cc1cccc(NC(=O)CC2CCNCC2)c1C.Cl. The predicted molar refractivity (Wildman–Crippen MR) is 82.0 cm³/mol. The standard InChI is InChI=1S/C15H22N2O.ClH/c1-11-4-3-5-14(12(11)2)17-15(18)10-13-6-8-16-9-7-13;/h3-5,13,16H,6-10H2,1-2H3,(H,17,18);1H. The summed E-state index contributed by atoms with van der Waals surface area (Å²) in [4.78, 5) is 12.0. The van der Waals surface area contributed by atoms with Gasteiger partial charge in [-0.1, -0.05) is 12.1 Å². The highest BCUT2D eigenvalue weighted by Gasteiger charge is 2.17. The molecular weight excluding hydrogens is 260 g/mol. The Morgan fingerprint density at radius 1 is 1.32 bits per heavy atom. The lowest BCUT2D eigenvalue weighted by atomic mass is 9.94. The van der Waals surface area contributed by atoms with Gasteiger partial charge in [-0.3, -0.25) is 4.79 Å². The van der Waals surface area contributed by atoms with E-state index in [1.54, 1.807) is 0 Å². The first-order chi connectivity index (χ1) is 8.66. The van der Waals surface area contributed by atoms with Gasteiger partial charge in [-0.15, -0.1) is 12.4 Å². The highest BCUT2D eigenvalue weighted by atomic mass is 35.5. The molecule has 0 atom stereocenters. The highest BCUT2D eigenvalue weighted by molar-refractivity contribution is 5.91. The summed E-state index contributed by atoms with van der Waals surface area (Å²) in [5.74, 6) is 0.687. The molecule has 1 amide bonds. The number of carbonyl (C=O) groups excluding carboxylic acids is 1. The Kier molecular flexibility index (Phi) is 6.32. The van der Waals surface area contributed by atoms with Crippen molar-refractivity contribution in [2.75, 3.05) is 18.4 Å². The molecule has 0 aliphatic carbocycles. The largest absolute Gasteiger partial charge is 0.326 e. The van der Waals surface area contributed by atoms with Crippen molar-refractivity contribution in [3.05, 3.63) is 29.3 Å². The number of carbonyl (C=O) groups is 1. The lowest BCUT2D eigenvalue weighted by Crippen LogP contribution is -2.30. The third-order valence-corrected chi connectivity index (χ3v) is 3.81. The maximum atomic E-state index is 12.0. The first-order valence-corrected chi connectivity index (χ1v) is 6.73. The van der Waals surface area contributed by atoms with E-state index in [1.807, 2.05) is 12.1 Å². The van der Waals surface area contributed by atoms with Crippen LogP contribution in [-0.2, 0) is 4.79 Å². The van der Waals surface area contributed by atoms with Gasteiger partial charge in [0.2, 0.25) is 5.91 Å². The lowest BCUT2D eigenvalue weighted by molar-refractivity contribution is -0.117. The van der Waals surface area contributed by atoms with E-state index >= 15 is 0 Å². The molecule has 106 valence electrons. The van der Waals surface area contributed by atoms with Crippen molar-refractivity contribution in [2.24, 2.45) is 5.92 Å². The van der Waals surface area contributed by atoms with Crippen molar-refractivity contribution in [3.63, 3.8) is 0 Å². The summed E-state index contributed by atoms with van der Waals surface area (Å²) in [6, 6.07) is 6.03. The van der Waals surface area contributed by atoms with Gasteiger partial charge < -0.3 is 10.6 Å². The number of nitrogens with one attached hydrogen (secondary N) is 2. The van der Waals surface area contributed by atoms with Crippen molar-refractivity contribution in [1.82, 2.24) is 5.32 Å². The second kappa shape index (κ2) is 7.51. The normalized spacial score (nSPS) is 15.7. The van der Waals surface area contributed by atoms with E-state index in [2.05, 4.69) is 30.5 Å². The molecule has 1 aliphatic heterocycles. The summed E-state index contributed by atoms with van der Waals surface area (Å²) in [6.45, 7) is 6.20. The smallest absolute Gasteiger partial charge is 0.224 e. The zero-order chi connectivity index (χ0) is 13.0. The highest BCUT2D eigenvalue weighted by Crippen LogP contribution is 2.20. The molecule has 1 aromatic carbocycles. The molecule has 1 aromatic rings. The van der Waals surface area contributed by atoms with Crippen LogP contribution in [-0.4, -0.2) is 19.0 Å². The molecule has 0 bridgehead atoms. The van der Waals surface area contributed by atoms with Crippen LogP contribution in [0.15, 0.2) is 18.2 Å². The van der Waals surface area contributed by atoms with Crippen LogP contribution in [0, 0.1) is 19.8 Å². The molecule has 0 saturated carbocycles. The topological polar surface area (TPSA) is 41.1 Å². The summed E-state index contributed by atoms with van der Waals surface area (Å²) in [6.07, 6.45) is 2.87. The van der Waals surface area contributed by atoms with Gasteiger partial charge in [0, 0.05) is 12.1 Å². The van der Waals surface area contributed by atoms with Crippen molar-refractivity contribution >= 4 is 24.0 Å². The summed E-state index contributed by atoms with van der Waals surface area (Å²) >= 11 is 0. The van der Waals surface area contributed by atoms with Gasteiger partial charge >= 0.3 is 0 Å². The Balaban J connectivity index is 0.00000180. The van der Waals surface area contributed by atoms with Crippen molar-refractivity contribution in [1.29, 1.82) is 0 Å². The number of hydrogen-bond acceptors (Lipinski definition) is 2. The summed E-state index contributed by atoms with van der Waals surface area (Å²) in [5, 5.41) is 6.36. The van der Waals surface area contributed by atoms with E-state index in [-0.39, 0.29) is 18.3 Å². The van der Waals surface area contributed by atoms with Crippen LogP contribution >= 0.6 is 12.4 Å². The quantitative estimate of drug-likeness (QED) is 0.895. The Hall–Kier alpha value is -1.06. The van der Waals surface area contributed by atoms with Crippen LogP contribution in [0.5, 0.6) is 0 Å². The number of anilines is 1. The second-order valence-corrected chi connectivity index (χ2v) is 5.19. The first-order valence-electron chi connectivity index (χ1n) is 6.73. The molecule has 2 rings (SSSR count). The minimum Gasteiger partial charge on any atom is -0.326 e. The second-order valence-electron chi connectivity index (χ2n) is 5.19. The van der Waals surface area contributed by atoms with Gasteiger partial charge in [0.1, 0.15) is 0 Å². The molecule has 3 nitrogen and oxygen atoms in total.